The summed E-state index contributed by atoms with van der Waals surface area (Å²) in [6.45, 7) is 10.9. The number of carbonyl (C=O) groups excluding carboxylic acids is 1. The molecule has 0 unspecified atom stereocenters. The summed E-state index contributed by atoms with van der Waals surface area (Å²) in [7, 11) is 0. The molecular weight excluding hydrogens is 280 g/mol. The number of nitrogens with zero attached hydrogens (tertiary/aromatic N) is 1. The van der Waals surface area contributed by atoms with E-state index in [9.17, 15) is 4.79 Å². The molecule has 1 aromatic heterocycles. The fourth-order valence-corrected chi connectivity index (χ4v) is 3.62. The number of thiophene rings is 1. The molecule has 0 aliphatic carbocycles. The number of hydrogen-bond donors (Lipinski definition) is 1. The van der Waals surface area contributed by atoms with Crippen LogP contribution in [0.4, 0.5) is 0 Å². The Morgan fingerprint density at radius 1 is 1.29 bits per heavy atom. The van der Waals surface area contributed by atoms with Crippen molar-refractivity contribution in [2.45, 2.75) is 59.5 Å². The Balaban J connectivity index is 1.75. The van der Waals surface area contributed by atoms with Crippen LogP contribution in [0.15, 0.2) is 12.1 Å². The Bertz CT molecular complexity index is 467. The zero-order valence-electron chi connectivity index (χ0n) is 13.7. The molecule has 118 valence electrons. The molecule has 1 saturated heterocycles. The van der Waals surface area contributed by atoms with Crippen LogP contribution < -0.4 is 5.32 Å². The lowest BCUT2D eigenvalue weighted by atomic mass is 9.93. The summed E-state index contributed by atoms with van der Waals surface area (Å²) in [4.78, 5) is 17.1. The minimum atomic E-state index is -0.256. The van der Waals surface area contributed by atoms with E-state index >= 15 is 0 Å². The largest absolute Gasteiger partial charge is 0.342 e. The van der Waals surface area contributed by atoms with Gasteiger partial charge in [-0.05, 0) is 31.4 Å². The summed E-state index contributed by atoms with van der Waals surface area (Å²) in [6, 6.07) is 5.00. The standard InChI is InChI=1S/C17H28N2OS/c1-5-14-6-7-15(21-14)12-18-13-8-10-19(11-9-13)16(20)17(2,3)4/h6-7,13,18H,5,8-12H2,1-4H3. The lowest BCUT2D eigenvalue weighted by Crippen LogP contribution is -2.48. The highest BCUT2D eigenvalue weighted by atomic mass is 32.1. The van der Waals surface area contributed by atoms with Crippen LogP contribution in [0.2, 0.25) is 0 Å². The summed E-state index contributed by atoms with van der Waals surface area (Å²) in [5.41, 5.74) is -0.256. The molecule has 0 bridgehead atoms. The third-order valence-corrected chi connectivity index (χ3v) is 5.28. The van der Waals surface area contributed by atoms with Crippen molar-refractivity contribution in [1.29, 1.82) is 0 Å². The first kappa shape index (κ1) is 16.5. The lowest BCUT2D eigenvalue weighted by molar-refractivity contribution is -0.140. The number of piperidine rings is 1. The Morgan fingerprint density at radius 2 is 1.90 bits per heavy atom. The van der Waals surface area contributed by atoms with E-state index in [0.717, 1.165) is 38.9 Å². The van der Waals surface area contributed by atoms with Gasteiger partial charge in [0.15, 0.2) is 0 Å². The highest BCUT2D eigenvalue weighted by Gasteiger charge is 2.30. The average Bonchev–Trinajstić information content (AvgIpc) is 2.92. The van der Waals surface area contributed by atoms with Gasteiger partial charge >= 0.3 is 0 Å². The van der Waals surface area contributed by atoms with Crippen LogP contribution >= 0.6 is 11.3 Å². The van der Waals surface area contributed by atoms with Gasteiger partial charge in [0.05, 0.1) is 0 Å². The van der Waals surface area contributed by atoms with Crippen molar-refractivity contribution >= 4 is 17.2 Å². The van der Waals surface area contributed by atoms with Gasteiger partial charge in [0.25, 0.3) is 0 Å². The van der Waals surface area contributed by atoms with Crippen LogP contribution in [0, 0.1) is 5.41 Å². The highest BCUT2D eigenvalue weighted by Crippen LogP contribution is 2.22. The number of aryl methyl sites for hydroxylation is 1. The molecule has 1 amide bonds. The Hall–Kier alpha value is -0.870. The number of nitrogens with one attached hydrogen (secondary N) is 1. The number of carbonyl (C=O) groups is 1. The number of likely N-dealkylation sites (tertiary alicyclic amines) is 1. The third-order valence-electron chi connectivity index (χ3n) is 4.05. The molecule has 1 aromatic rings. The van der Waals surface area contributed by atoms with Crippen LogP contribution in [0.3, 0.4) is 0 Å². The smallest absolute Gasteiger partial charge is 0.227 e. The van der Waals surface area contributed by atoms with Gasteiger partial charge in [-0.25, -0.2) is 0 Å². The van der Waals surface area contributed by atoms with Crippen molar-refractivity contribution in [2.75, 3.05) is 13.1 Å². The predicted octanol–water partition coefficient (Wildman–Crippen LogP) is 3.44. The van der Waals surface area contributed by atoms with Gasteiger partial charge in [0.2, 0.25) is 5.91 Å². The van der Waals surface area contributed by atoms with Crippen molar-refractivity contribution in [2.24, 2.45) is 5.41 Å². The minimum Gasteiger partial charge on any atom is -0.342 e. The van der Waals surface area contributed by atoms with Crippen LogP contribution in [0.1, 0.15) is 50.3 Å². The molecular formula is C17H28N2OS. The van der Waals surface area contributed by atoms with Crippen LogP contribution in [-0.4, -0.2) is 29.9 Å². The fourth-order valence-electron chi connectivity index (χ4n) is 2.71. The third kappa shape index (κ3) is 4.55. The molecule has 0 saturated carbocycles. The first-order valence-electron chi connectivity index (χ1n) is 8.00. The van der Waals surface area contributed by atoms with Gasteiger partial charge in [0.1, 0.15) is 0 Å². The second-order valence-corrected chi connectivity index (χ2v) is 8.17. The maximum Gasteiger partial charge on any atom is 0.227 e. The molecule has 21 heavy (non-hydrogen) atoms. The Kier molecular flexibility index (Phi) is 5.44. The number of rotatable bonds is 4. The maximum absolute atomic E-state index is 12.2. The van der Waals surface area contributed by atoms with Crippen LogP contribution in [0.25, 0.3) is 0 Å². The molecule has 1 fully saturated rings. The summed E-state index contributed by atoms with van der Waals surface area (Å²) in [5.74, 6) is 0.284. The van der Waals surface area contributed by atoms with E-state index in [2.05, 4.69) is 24.4 Å². The fraction of sp³-hybridized carbons (Fsp3) is 0.706. The lowest BCUT2D eigenvalue weighted by Gasteiger charge is -2.36. The van der Waals surface area contributed by atoms with Crippen molar-refractivity contribution in [3.63, 3.8) is 0 Å². The summed E-state index contributed by atoms with van der Waals surface area (Å²) in [6.07, 6.45) is 3.25. The van der Waals surface area contributed by atoms with Gasteiger partial charge in [-0.2, -0.15) is 0 Å². The molecule has 4 heteroatoms. The number of amides is 1. The summed E-state index contributed by atoms with van der Waals surface area (Å²) >= 11 is 1.90. The van der Waals surface area contributed by atoms with Crippen molar-refractivity contribution < 1.29 is 4.79 Å². The van der Waals surface area contributed by atoms with Crippen LogP contribution in [-0.2, 0) is 17.8 Å². The second kappa shape index (κ2) is 6.93. The SMILES string of the molecule is CCc1ccc(CNC2CCN(C(=O)C(C)(C)C)CC2)s1. The average molecular weight is 308 g/mol. The Labute approximate surface area is 132 Å². The predicted molar refractivity (Wildman–Crippen MR) is 89.6 cm³/mol. The van der Waals surface area contributed by atoms with Crippen molar-refractivity contribution in [1.82, 2.24) is 10.2 Å². The van der Waals surface area contributed by atoms with Crippen LogP contribution in [0.5, 0.6) is 0 Å². The van der Waals surface area contributed by atoms with Gasteiger partial charge < -0.3 is 10.2 Å². The van der Waals surface area contributed by atoms with Gasteiger partial charge in [-0.1, -0.05) is 27.7 Å². The van der Waals surface area contributed by atoms with E-state index in [1.165, 1.54) is 9.75 Å². The molecule has 0 radical (unpaired) electrons. The molecule has 1 aliphatic heterocycles. The minimum absolute atomic E-state index is 0.256. The van der Waals surface area contributed by atoms with E-state index < -0.39 is 0 Å². The molecule has 2 heterocycles. The van der Waals surface area contributed by atoms with Gasteiger partial charge in [0, 0.05) is 40.8 Å². The van der Waals surface area contributed by atoms with Gasteiger partial charge in [-0.15, -0.1) is 11.3 Å². The first-order chi connectivity index (χ1) is 9.90. The first-order valence-corrected chi connectivity index (χ1v) is 8.82. The molecule has 0 atom stereocenters. The monoisotopic (exact) mass is 308 g/mol. The second-order valence-electron chi connectivity index (χ2n) is 6.92. The molecule has 0 spiro atoms. The normalized spacial score (nSPS) is 17.2. The van der Waals surface area contributed by atoms with E-state index in [-0.39, 0.29) is 11.3 Å². The van der Waals surface area contributed by atoms with Crippen molar-refractivity contribution in [3.8, 4) is 0 Å². The summed E-state index contributed by atoms with van der Waals surface area (Å²) in [5, 5.41) is 3.65. The van der Waals surface area contributed by atoms with E-state index in [1.54, 1.807) is 0 Å². The molecule has 2 rings (SSSR count). The highest BCUT2D eigenvalue weighted by molar-refractivity contribution is 7.11. The number of hydrogen-bond acceptors (Lipinski definition) is 3. The quantitative estimate of drug-likeness (QED) is 0.924. The summed E-state index contributed by atoms with van der Waals surface area (Å²) < 4.78 is 0. The van der Waals surface area contributed by atoms with Gasteiger partial charge in [-0.3, -0.25) is 4.79 Å². The molecule has 1 aliphatic rings. The van der Waals surface area contributed by atoms with E-state index in [0.29, 0.717) is 6.04 Å². The molecule has 1 N–H and O–H groups in total. The topological polar surface area (TPSA) is 32.3 Å². The van der Waals surface area contributed by atoms with E-state index in [1.807, 2.05) is 37.0 Å². The molecule has 0 aromatic carbocycles. The van der Waals surface area contributed by atoms with E-state index in [4.69, 9.17) is 0 Å². The maximum atomic E-state index is 12.2. The zero-order chi connectivity index (χ0) is 15.5. The molecule has 3 nitrogen and oxygen atoms in total. The Morgan fingerprint density at radius 3 is 2.43 bits per heavy atom. The zero-order valence-corrected chi connectivity index (χ0v) is 14.6. The van der Waals surface area contributed by atoms with Crippen molar-refractivity contribution in [3.05, 3.63) is 21.9 Å².